The molecule has 8 nitrogen and oxygen atoms in total. The number of alkyl halides is 3. The van der Waals surface area contributed by atoms with Crippen molar-refractivity contribution in [2.24, 2.45) is 5.41 Å². The van der Waals surface area contributed by atoms with Gasteiger partial charge >= 0.3 is 24.1 Å². The van der Waals surface area contributed by atoms with Gasteiger partial charge in [-0.3, -0.25) is 14.4 Å². The van der Waals surface area contributed by atoms with E-state index in [0.29, 0.717) is 16.7 Å². The smallest absolute Gasteiger partial charge is 0.397 e. The lowest BCUT2D eigenvalue weighted by molar-refractivity contribution is -0.216. The topological polar surface area (TPSA) is 97.4 Å². The van der Waals surface area contributed by atoms with Gasteiger partial charge < -0.3 is 23.7 Å². The van der Waals surface area contributed by atoms with Gasteiger partial charge in [0.15, 0.2) is 6.10 Å². The van der Waals surface area contributed by atoms with E-state index in [1.165, 1.54) is 32.9 Å². The van der Waals surface area contributed by atoms with E-state index in [2.05, 4.69) is 0 Å². The normalized spacial score (nSPS) is 23.0. The number of rotatable bonds is 10. The van der Waals surface area contributed by atoms with Crippen LogP contribution in [0.25, 0.3) is 0 Å². The first kappa shape index (κ1) is 31.3. The second-order valence-electron chi connectivity index (χ2n) is 10.7. The summed E-state index contributed by atoms with van der Waals surface area (Å²) in [6.45, 7) is 2.90. The monoisotopic (exact) mass is 596 g/mol. The first-order valence-corrected chi connectivity index (χ1v) is 13.5. The van der Waals surface area contributed by atoms with Crippen molar-refractivity contribution >= 4 is 17.9 Å². The van der Waals surface area contributed by atoms with Crippen LogP contribution >= 0.6 is 0 Å². The molecule has 228 valence electrons. The van der Waals surface area contributed by atoms with E-state index >= 15 is 0 Å². The molecule has 4 rings (SSSR count). The third kappa shape index (κ3) is 7.78. The van der Waals surface area contributed by atoms with Gasteiger partial charge in [-0.1, -0.05) is 18.2 Å². The quantitative estimate of drug-likeness (QED) is 0.205. The van der Waals surface area contributed by atoms with Gasteiger partial charge in [-0.25, -0.2) is 4.39 Å². The van der Waals surface area contributed by atoms with Crippen LogP contribution in [0.3, 0.4) is 0 Å². The maximum absolute atomic E-state index is 14.9. The molecule has 2 aromatic rings. The maximum Gasteiger partial charge on any atom is 0.397 e. The molecule has 0 amide bonds. The van der Waals surface area contributed by atoms with Gasteiger partial charge in [0, 0.05) is 33.6 Å². The molecule has 0 N–H and O–H groups in total. The molecule has 1 aliphatic carbocycles. The van der Waals surface area contributed by atoms with Crippen molar-refractivity contribution in [1.82, 2.24) is 0 Å². The Morgan fingerprint density at radius 1 is 0.952 bits per heavy atom. The van der Waals surface area contributed by atoms with Crippen molar-refractivity contribution < 1.29 is 55.6 Å². The molecule has 0 spiro atoms. The third-order valence-electron chi connectivity index (χ3n) is 7.32. The van der Waals surface area contributed by atoms with E-state index in [9.17, 15) is 31.9 Å². The fourth-order valence-corrected chi connectivity index (χ4v) is 4.88. The van der Waals surface area contributed by atoms with Gasteiger partial charge in [0.1, 0.15) is 42.4 Å². The van der Waals surface area contributed by atoms with Crippen LogP contribution < -0.4 is 4.74 Å². The number of carbonyl (C=O) groups excluding carboxylic acids is 3. The standard InChI is InChI=1S/C30H32F4O8/c1-17(35)38-15-27-28(41-19(3)37)26(40-18(2)36)14-25(42-27)21-6-9-24(31)22(13-21)12-20-4-7-23(8-5-20)39-16-29(10-11-29)30(32,33)34/h4-9,13,25-28H,10-12,14-16H2,1-3H3. The lowest BCUT2D eigenvalue weighted by atomic mass is 9.92. The Kier molecular flexibility index (Phi) is 9.44. The first-order chi connectivity index (χ1) is 19.8. The van der Waals surface area contributed by atoms with E-state index in [4.69, 9.17) is 23.7 Å². The van der Waals surface area contributed by atoms with E-state index in [0.717, 1.165) is 0 Å². The predicted octanol–water partition coefficient (Wildman–Crippen LogP) is 5.39. The number of halogens is 4. The van der Waals surface area contributed by atoms with Crippen LogP contribution in [-0.2, 0) is 39.8 Å². The van der Waals surface area contributed by atoms with Gasteiger partial charge in [0.05, 0.1) is 6.10 Å². The van der Waals surface area contributed by atoms with Crippen molar-refractivity contribution in [3.63, 3.8) is 0 Å². The zero-order chi connectivity index (χ0) is 30.7. The van der Waals surface area contributed by atoms with Crippen molar-refractivity contribution in [2.75, 3.05) is 13.2 Å². The van der Waals surface area contributed by atoms with Crippen LogP contribution in [0, 0.1) is 11.2 Å². The van der Waals surface area contributed by atoms with Crippen molar-refractivity contribution in [3.05, 3.63) is 65.0 Å². The molecule has 1 heterocycles. The Balaban J connectivity index is 1.49. The van der Waals surface area contributed by atoms with Gasteiger partial charge in [-0.15, -0.1) is 0 Å². The molecule has 4 atom stereocenters. The van der Waals surface area contributed by atoms with Gasteiger partial charge in [0.2, 0.25) is 0 Å². The summed E-state index contributed by atoms with van der Waals surface area (Å²) < 4.78 is 81.8. The number of benzene rings is 2. The maximum atomic E-state index is 14.9. The summed E-state index contributed by atoms with van der Waals surface area (Å²) in [5.41, 5.74) is -0.207. The highest BCUT2D eigenvalue weighted by Gasteiger charge is 2.63. The van der Waals surface area contributed by atoms with Crippen LogP contribution in [0.4, 0.5) is 17.6 Å². The molecule has 4 unspecified atom stereocenters. The molecule has 12 heteroatoms. The Morgan fingerprint density at radius 2 is 1.62 bits per heavy atom. The highest BCUT2D eigenvalue weighted by molar-refractivity contribution is 5.67. The van der Waals surface area contributed by atoms with Crippen molar-refractivity contribution in [3.8, 4) is 5.75 Å². The van der Waals surface area contributed by atoms with Crippen LogP contribution in [0.15, 0.2) is 42.5 Å². The second-order valence-corrected chi connectivity index (χ2v) is 10.7. The van der Waals surface area contributed by atoms with Gasteiger partial charge in [-0.2, -0.15) is 13.2 Å². The molecule has 0 bridgehead atoms. The highest BCUT2D eigenvalue weighted by Crippen LogP contribution is 2.57. The summed E-state index contributed by atoms with van der Waals surface area (Å²) in [6, 6.07) is 10.8. The zero-order valence-corrected chi connectivity index (χ0v) is 23.4. The average molecular weight is 597 g/mol. The summed E-state index contributed by atoms with van der Waals surface area (Å²) in [7, 11) is 0. The highest BCUT2D eigenvalue weighted by atomic mass is 19.4. The van der Waals surface area contributed by atoms with Crippen LogP contribution in [-0.4, -0.2) is 55.6 Å². The predicted molar refractivity (Wildman–Crippen MR) is 139 cm³/mol. The van der Waals surface area contributed by atoms with Crippen LogP contribution in [0.2, 0.25) is 0 Å². The number of hydrogen-bond donors (Lipinski definition) is 0. The molecule has 0 radical (unpaired) electrons. The lowest BCUT2D eigenvalue weighted by Crippen LogP contribution is -2.51. The number of carbonyl (C=O) groups is 3. The number of hydrogen-bond acceptors (Lipinski definition) is 8. The Labute approximate surface area is 240 Å². The summed E-state index contributed by atoms with van der Waals surface area (Å²) in [6.07, 6.45) is -7.60. The van der Waals surface area contributed by atoms with E-state index in [1.54, 1.807) is 30.3 Å². The molecule has 42 heavy (non-hydrogen) atoms. The summed E-state index contributed by atoms with van der Waals surface area (Å²) >= 11 is 0. The average Bonchev–Trinajstić information content (AvgIpc) is 3.70. The van der Waals surface area contributed by atoms with Crippen molar-refractivity contribution in [1.29, 1.82) is 0 Å². The summed E-state index contributed by atoms with van der Waals surface area (Å²) in [5.74, 6) is -2.03. The Hall–Kier alpha value is -3.67. The molecule has 1 aliphatic heterocycles. The van der Waals surface area contributed by atoms with Crippen LogP contribution in [0.1, 0.15) is 62.8 Å². The minimum atomic E-state index is -4.31. The van der Waals surface area contributed by atoms with Crippen LogP contribution in [0.5, 0.6) is 5.75 Å². The molecule has 1 saturated carbocycles. The third-order valence-corrected chi connectivity index (χ3v) is 7.32. The molecule has 0 aromatic heterocycles. The fraction of sp³-hybridized carbons (Fsp3) is 0.500. The molecule has 2 aliphatic rings. The molecule has 2 fully saturated rings. The van der Waals surface area contributed by atoms with Crippen molar-refractivity contribution in [2.45, 2.75) is 77.0 Å². The number of ether oxygens (including phenoxy) is 5. The van der Waals surface area contributed by atoms with E-state index in [1.807, 2.05) is 0 Å². The minimum absolute atomic E-state index is 0.0471. The number of esters is 3. The SMILES string of the molecule is CC(=O)OCC1OC(c2ccc(F)c(Cc3ccc(OCC4(C(F)(F)F)CC4)cc3)c2)CC(OC(C)=O)C1OC(C)=O. The van der Waals surface area contributed by atoms with Gasteiger partial charge in [0.25, 0.3) is 0 Å². The van der Waals surface area contributed by atoms with Gasteiger partial charge in [-0.05, 0) is 53.8 Å². The molecule has 1 saturated heterocycles. The second kappa shape index (κ2) is 12.7. The molecule has 2 aromatic carbocycles. The summed E-state index contributed by atoms with van der Waals surface area (Å²) in [4.78, 5) is 35.0. The first-order valence-electron chi connectivity index (χ1n) is 13.5. The Bertz CT molecular complexity index is 1290. The van der Waals surface area contributed by atoms with E-state index < -0.39 is 66.3 Å². The molecular formula is C30H32F4O8. The molecular weight excluding hydrogens is 564 g/mol. The zero-order valence-electron chi connectivity index (χ0n) is 23.4. The Morgan fingerprint density at radius 3 is 2.19 bits per heavy atom. The lowest BCUT2D eigenvalue weighted by Gasteiger charge is -2.40. The largest absolute Gasteiger partial charge is 0.493 e. The summed E-state index contributed by atoms with van der Waals surface area (Å²) in [5, 5.41) is 0. The fourth-order valence-electron chi connectivity index (χ4n) is 4.88. The minimum Gasteiger partial charge on any atom is -0.493 e. The van der Waals surface area contributed by atoms with E-state index in [-0.39, 0.29) is 38.0 Å².